The van der Waals surface area contributed by atoms with Gasteiger partial charge < -0.3 is 15.8 Å². The summed E-state index contributed by atoms with van der Waals surface area (Å²) in [6, 6.07) is 9.84. The topological polar surface area (TPSA) is 60.2 Å². The minimum absolute atomic E-state index is 0.151. The number of nitrogen functional groups attached to an aromatic ring is 1. The maximum atomic E-state index is 6.14. The first kappa shape index (κ1) is 12.1. The molecule has 2 aromatic rings. The molecule has 0 bridgehead atoms. The summed E-state index contributed by atoms with van der Waals surface area (Å²) < 4.78 is 5.63. The fourth-order valence-electron chi connectivity index (χ4n) is 2.22. The monoisotopic (exact) mass is 275 g/mol. The molecule has 0 radical (unpaired) electrons. The van der Waals surface area contributed by atoms with Crippen LogP contribution in [-0.2, 0) is 0 Å². The second-order valence-corrected chi connectivity index (χ2v) is 4.88. The van der Waals surface area contributed by atoms with Crippen molar-refractivity contribution in [2.75, 3.05) is 17.7 Å². The van der Waals surface area contributed by atoms with Gasteiger partial charge in [0.25, 0.3) is 0 Å². The summed E-state index contributed by atoms with van der Waals surface area (Å²) >= 11 is 6.14. The van der Waals surface area contributed by atoms with Gasteiger partial charge in [0.2, 0.25) is 0 Å². The number of nitrogens with one attached hydrogen (secondary N) is 1. The van der Waals surface area contributed by atoms with Gasteiger partial charge in [0.1, 0.15) is 11.6 Å². The van der Waals surface area contributed by atoms with Gasteiger partial charge >= 0.3 is 0 Å². The number of nitrogens with two attached hydrogens (primary N) is 1. The van der Waals surface area contributed by atoms with Crippen LogP contribution in [0.15, 0.2) is 36.5 Å². The number of ether oxygens (including phenoxy) is 1. The molecule has 2 heterocycles. The molecular formula is C14H14ClN3O. The predicted molar refractivity (Wildman–Crippen MR) is 76.6 cm³/mol. The van der Waals surface area contributed by atoms with Crippen molar-refractivity contribution in [3.05, 3.63) is 47.1 Å². The third kappa shape index (κ3) is 2.44. The Morgan fingerprint density at radius 3 is 3.05 bits per heavy atom. The van der Waals surface area contributed by atoms with Gasteiger partial charge in [-0.15, -0.1) is 0 Å². The molecule has 3 N–H and O–H groups in total. The van der Waals surface area contributed by atoms with Crippen LogP contribution in [0, 0.1) is 0 Å². The molecule has 0 saturated heterocycles. The third-order valence-corrected chi connectivity index (χ3v) is 3.42. The van der Waals surface area contributed by atoms with Gasteiger partial charge in [-0.1, -0.05) is 29.8 Å². The summed E-state index contributed by atoms with van der Waals surface area (Å²) in [7, 11) is 0. The molecular weight excluding hydrogens is 262 g/mol. The first-order valence-electron chi connectivity index (χ1n) is 6.13. The van der Waals surface area contributed by atoms with E-state index in [-0.39, 0.29) is 6.04 Å². The normalized spacial score (nSPS) is 17.4. The van der Waals surface area contributed by atoms with E-state index < -0.39 is 0 Å². The third-order valence-electron chi connectivity index (χ3n) is 3.13. The molecule has 1 aromatic carbocycles. The minimum Gasteiger partial charge on any atom is -0.493 e. The Hall–Kier alpha value is -1.94. The zero-order valence-corrected chi connectivity index (χ0v) is 11.0. The number of rotatable bonds is 2. The Labute approximate surface area is 116 Å². The molecule has 0 fully saturated rings. The van der Waals surface area contributed by atoms with Gasteiger partial charge in [0.05, 0.1) is 29.6 Å². The summed E-state index contributed by atoms with van der Waals surface area (Å²) in [5.41, 5.74) is 7.33. The van der Waals surface area contributed by atoms with E-state index in [4.69, 9.17) is 22.1 Å². The molecule has 0 amide bonds. The highest BCUT2D eigenvalue weighted by Crippen LogP contribution is 2.35. The Bertz CT molecular complexity index is 603. The molecule has 19 heavy (non-hydrogen) atoms. The number of pyridine rings is 1. The van der Waals surface area contributed by atoms with Crippen LogP contribution < -0.4 is 15.8 Å². The fourth-order valence-corrected chi connectivity index (χ4v) is 2.45. The fraction of sp³-hybridized carbons (Fsp3) is 0.214. The Morgan fingerprint density at radius 2 is 2.21 bits per heavy atom. The number of para-hydroxylation sites is 1. The first-order valence-corrected chi connectivity index (χ1v) is 6.51. The van der Waals surface area contributed by atoms with Crippen molar-refractivity contribution >= 4 is 23.1 Å². The van der Waals surface area contributed by atoms with Crippen LogP contribution in [0.3, 0.4) is 0 Å². The number of anilines is 2. The van der Waals surface area contributed by atoms with Gasteiger partial charge in [0.15, 0.2) is 0 Å². The van der Waals surface area contributed by atoms with Gasteiger partial charge in [-0.05, 0) is 12.1 Å². The lowest BCUT2D eigenvalue weighted by Crippen LogP contribution is -2.20. The van der Waals surface area contributed by atoms with Gasteiger partial charge in [0, 0.05) is 12.0 Å². The number of nitrogens with zero attached hydrogens (tertiary/aromatic N) is 1. The lowest BCUT2D eigenvalue weighted by molar-refractivity contribution is 0.274. The van der Waals surface area contributed by atoms with Crippen molar-refractivity contribution < 1.29 is 4.74 Å². The quantitative estimate of drug-likeness (QED) is 0.883. The average Bonchev–Trinajstić information content (AvgIpc) is 2.42. The van der Waals surface area contributed by atoms with Gasteiger partial charge in [-0.25, -0.2) is 4.98 Å². The van der Waals surface area contributed by atoms with Crippen molar-refractivity contribution in [1.29, 1.82) is 0 Å². The number of hydrogen-bond donors (Lipinski definition) is 2. The molecule has 1 atom stereocenters. The molecule has 0 saturated carbocycles. The largest absolute Gasteiger partial charge is 0.493 e. The maximum absolute atomic E-state index is 6.14. The summed E-state index contributed by atoms with van der Waals surface area (Å²) in [5, 5.41) is 3.89. The van der Waals surface area contributed by atoms with Crippen LogP contribution in [-0.4, -0.2) is 11.6 Å². The molecule has 3 rings (SSSR count). The Balaban J connectivity index is 1.88. The highest BCUT2D eigenvalue weighted by atomic mass is 35.5. The van der Waals surface area contributed by atoms with Crippen molar-refractivity contribution in [2.45, 2.75) is 12.5 Å². The number of halogens is 1. The van der Waals surface area contributed by atoms with Crippen LogP contribution in [0.4, 0.5) is 11.5 Å². The zero-order chi connectivity index (χ0) is 13.2. The molecule has 5 heteroatoms. The molecule has 1 aliphatic rings. The predicted octanol–water partition coefficient (Wildman–Crippen LogP) is 3.25. The molecule has 1 unspecified atom stereocenters. The molecule has 98 valence electrons. The Morgan fingerprint density at radius 1 is 1.37 bits per heavy atom. The number of benzene rings is 1. The standard InChI is InChI=1S/C14H14ClN3O/c15-11-7-9(16)8-17-14(11)18-12-5-6-19-13-4-2-1-3-10(12)13/h1-4,7-8,12H,5-6,16H2,(H,17,18). The van der Waals surface area contributed by atoms with Crippen molar-refractivity contribution in [2.24, 2.45) is 0 Å². The number of hydrogen-bond acceptors (Lipinski definition) is 4. The second-order valence-electron chi connectivity index (χ2n) is 4.47. The zero-order valence-electron chi connectivity index (χ0n) is 10.3. The lowest BCUT2D eigenvalue weighted by atomic mass is 10.0. The summed E-state index contributed by atoms with van der Waals surface area (Å²) in [6.45, 7) is 0.682. The number of fused-ring (bicyclic) bond motifs is 1. The van der Waals surface area contributed by atoms with Crippen molar-refractivity contribution in [3.8, 4) is 5.75 Å². The SMILES string of the molecule is Nc1cnc(NC2CCOc3ccccc32)c(Cl)c1. The molecule has 1 aliphatic heterocycles. The van der Waals surface area contributed by atoms with E-state index in [1.54, 1.807) is 12.3 Å². The van der Waals surface area contributed by atoms with E-state index in [1.807, 2.05) is 18.2 Å². The van der Waals surface area contributed by atoms with E-state index in [0.717, 1.165) is 17.7 Å². The summed E-state index contributed by atoms with van der Waals surface area (Å²) in [4.78, 5) is 4.24. The van der Waals surface area contributed by atoms with Crippen LogP contribution in [0.5, 0.6) is 5.75 Å². The highest BCUT2D eigenvalue weighted by molar-refractivity contribution is 6.33. The average molecular weight is 276 g/mol. The smallest absolute Gasteiger partial charge is 0.145 e. The van der Waals surface area contributed by atoms with E-state index in [0.29, 0.717) is 23.1 Å². The maximum Gasteiger partial charge on any atom is 0.145 e. The van der Waals surface area contributed by atoms with E-state index >= 15 is 0 Å². The van der Waals surface area contributed by atoms with E-state index in [1.165, 1.54) is 0 Å². The van der Waals surface area contributed by atoms with Crippen LogP contribution >= 0.6 is 11.6 Å². The molecule has 1 aromatic heterocycles. The van der Waals surface area contributed by atoms with E-state index in [9.17, 15) is 0 Å². The van der Waals surface area contributed by atoms with Gasteiger partial charge in [-0.2, -0.15) is 0 Å². The molecule has 4 nitrogen and oxygen atoms in total. The highest BCUT2D eigenvalue weighted by Gasteiger charge is 2.21. The van der Waals surface area contributed by atoms with Crippen LogP contribution in [0.2, 0.25) is 5.02 Å². The van der Waals surface area contributed by atoms with Crippen molar-refractivity contribution in [3.63, 3.8) is 0 Å². The minimum atomic E-state index is 0.151. The summed E-state index contributed by atoms with van der Waals surface area (Å²) in [5.74, 6) is 1.57. The van der Waals surface area contributed by atoms with Crippen molar-refractivity contribution in [1.82, 2.24) is 4.98 Å². The Kier molecular flexibility index (Phi) is 3.17. The first-order chi connectivity index (χ1) is 9.24. The summed E-state index contributed by atoms with van der Waals surface area (Å²) in [6.07, 6.45) is 2.47. The molecule has 0 aliphatic carbocycles. The van der Waals surface area contributed by atoms with E-state index in [2.05, 4.69) is 16.4 Å². The second kappa shape index (κ2) is 4.97. The van der Waals surface area contributed by atoms with Gasteiger partial charge in [-0.3, -0.25) is 0 Å². The van der Waals surface area contributed by atoms with Crippen LogP contribution in [0.25, 0.3) is 0 Å². The molecule has 0 spiro atoms. The number of aromatic nitrogens is 1. The van der Waals surface area contributed by atoms with Crippen LogP contribution in [0.1, 0.15) is 18.0 Å². The lowest BCUT2D eigenvalue weighted by Gasteiger charge is -2.27.